The summed E-state index contributed by atoms with van der Waals surface area (Å²) in [6, 6.07) is 7.41. The number of piperidine rings is 1. The van der Waals surface area contributed by atoms with Crippen LogP contribution in [-0.4, -0.2) is 65.4 Å². The van der Waals surface area contributed by atoms with Crippen LogP contribution >= 0.6 is 24.8 Å². The molecule has 2 amide bonds. The highest BCUT2D eigenvalue weighted by Gasteiger charge is 2.32. The first kappa shape index (κ1) is 23.2. The third kappa shape index (κ3) is 4.91. The van der Waals surface area contributed by atoms with Gasteiger partial charge in [0.1, 0.15) is 5.69 Å². The molecule has 2 aliphatic heterocycles. The van der Waals surface area contributed by atoms with E-state index in [0.29, 0.717) is 36.7 Å². The molecule has 2 aromatic rings. The molecule has 4 heterocycles. The average molecular weight is 441 g/mol. The molecule has 2 aliphatic rings. The largest absolute Gasteiger partial charge is 0.463 e. The van der Waals surface area contributed by atoms with Crippen LogP contribution in [0.4, 0.5) is 0 Å². The summed E-state index contributed by atoms with van der Waals surface area (Å²) in [6.07, 6.45) is 3.46. The van der Waals surface area contributed by atoms with Gasteiger partial charge in [-0.3, -0.25) is 9.59 Å². The lowest BCUT2D eigenvalue weighted by Crippen LogP contribution is -2.57. The van der Waals surface area contributed by atoms with Crippen LogP contribution in [0.5, 0.6) is 0 Å². The maximum Gasteiger partial charge on any atom is 0.255 e. The van der Waals surface area contributed by atoms with Crippen molar-refractivity contribution in [3.8, 4) is 11.5 Å². The maximum absolute atomic E-state index is 13.1. The lowest BCUT2D eigenvalue weighted by atomic mass is 10.0. The number of hydrogen-bond donors (Lipinski definition) is 1. The summed E-state index contributed by atoms with van der Waals surface area (Å²) in [4.78, 5) is 33.6. The third-order valence-electron chi connectivity index (χ3n) is 5.34. The predicted octanol–water partition coefficient (Wildman–Crippen LogP) is 2.53. The van der Waals surface area contributed by atoms with Crippen molar-refractivity contribution in [2.24, 2.45) is 0 Å². The Morgan fingerprint density at radius 2 is 2.07 bits per heavy atom. The molecule has 9 heteroatoms. The summed E-state index contributed by atoms with van der Waals surface area (Å²) < 4.78 is 5.38. The first-order valence-electron chi connectivity index (χ1n) is 9.44. The second kappa shape index (κ2) is 10.1. The van der Waals surface area contributed by atoms with E-state index in [1.807, 2.05) is 41.0 Å². The molecule has 0 spiro atoms. The molecule has 0 radical (unpaired) electrons. The van der Waals surface area contributed by atoms with Crippen LogP contribution in [0, 0.1) is 6.92 Å². The maximum atomic E-state index is 13.1. The SMILES string of the molecule is Cc1nc(-c2ccco2)ccc1C(=O)N1CCCC(N2CCNCC2=O)C1.Cl.Cl. The van der Waals surface area contributed by atoms with Crippen molar-refractivity contribution >= 4 is 36.6 Å². The summed E-state index contributed by atoms with van der Waals surface area (Å²) in [6.45, 7) is 5.07. The van der Waals surface area contributed by atoms with Gasteiger partial charge in [0.05, 0.1) is 24.1 Å². The molecule has 7 nitrogen and oxygen atoms in total. The molecule has 0 aromatic carbocycles. The molecule has 1 atom stereocenters. The summed E-state index contributed by atoms with van der Waals surface area (Å²) in [5.41, 5.74) is 2.02. The number of furan rings is 1. The Morgan fingerprint density at radius 3 is 2.76 bits per heavy atom. The van der Waals surface area contributed by atoms with Gasteiger partial charge in [-0.2, -0.15) is 0 Å². The summed E-state index contributed by atoms with van der Waals surface area (Å²) in [5.74, 6) is 0.798. The molecule has 2 saturated heterocycles. The van der Waals surface area contributed by atoms with Crippen LogP contribution in [0.3, 0.4) is 0 Å². The van der Waals surface area contributed by atoms with Crippen LogP contribution in [-0.2, 0) is 4.79 Å². The van der Waals surface area contributed by atoms with Gasteiger partial charge in [-0.25, -0.2) is 4.98 Å². The standard InChI is InChI=1S/C20H24N4O3.2ClH/c1-14-16(6-7-17(22-14)18-5-3-11-27-18)20(26)23-9-2-4-15(13-23)24-10-8-21-12-19(24)25;;/h3,5-7,11,15,21H,2,4,8-10,12-13H2,1H3;2*1H. The second-order valence-electron chi connectivity index (χ2n) is 7.12. The zero-order valence-electron chi connectivity index (χ0n) is 16.3. The topological polar surface area (TPSA) is 78.7 Å². The van der Waals surface area contributed by atoms with E-state index >= 15 is 0 Å². The van der Waals surface area contributed by atoms with Crippen molar-refractivity contribution in [2.45, 2.75) is 25.8 Å². The Morgan fingerprint density at radius 1 is 1.24 bits per heavy atom. The Labute approximate surface area is 182 Å². The van der Waals surface area contributed by atoms with Gasteiger partial charge in [0.25, 0.3) is 5.91 Å². The van der Waals surface area contributed by atoms with Crippen molar-refractivity contribution in [1.29, 1.82) is 0 Å². The number of carbonyl (C=O) groups is 2. The first-order chi connectivity index (χ1) is 13.1. The Balaban J connectivity index is 0.00000150. The number of rotatable bonds is 3. The molecule has 0 saturated carbocycles. The number of pyridine rings is 1. The molecule has 0 bridgehead atoms. The Hall–Kier alpha value is -2.09. The van der Waals surface area contributed by atoms with Crippen LogP contribution in [0.1, 0.15) is 28.9 Å². The van der Waals surface area contributed by atoms with E-state index in [4.69, 9.17) is 4.42 Å². The van der Waals surface area contributed by atoms with Gasteiger partial charge < -0.3 is 19.5 Å². The number of hydrogen-bond acceptors (Lipinski definition) is 5. The summed E-state index contributed by atoms with van der Waals surface area (Å²) in [7, 11) is 0. The first-order valence-corrected chi connectivity index (χ1v) is 9.44. The lowest BCUT2D eigenvalue weighted by Gasteiger charge is -2.41. The molecular weight excluding hydrogens is 415 g/mol. The van der Waals surface area contributed by atoms with E-state index in [1.54, 1.807) is 6.26 Å². The number of piperazine rings is 1. The van der Waals surface area contributed by atoms with Crippen LogP contribution < -0.4 is 5.32 Å². The van der Waals surface area contributed by atoms with Crippen molar-refractivity contribution in [3.63, 3.8) is 0 Å². The lowest BCUT2D eigenvalue weighted by molar-refractivity contribution is -0.135. The summed E-state index contributed by atoms with van der Waals surface area (Å²) >= 11 is 0. The van der Waals surface area contributed by atoms with E-state index < -0.39 is 0 Å². The number of amides is 2. The highest BCUT2D eigenvalue weighted by molar-refractivity contribution is 5.95. The van der Waals surface area contributed by atoms with Gasteiger partial charge in [0.2, 0.25) is 5.91 Å². The Bertz CT molecular complexity index is 844. The molecule has 29 heavy (non-hydrogen) atoms. The second-order valence-corrected chi connectivity index (χ2v) is 7.12. The fraction of sp³-hybridized carbons (Fsp3) is 0.450. The van der Waals surface area contributed by atoms with Crippen molar-refractivity contribution < 1.29 is 14.0 Å². The van der Waals surface area contributed by atoms with Gasteiger partial charge in [0, 0.05) is 32.2 Å². The van der Waals surface area contributed by atoms with E-state index in [1.165, 1.54) is 0 Å². The number of halogens is 2. The molecule has 4 rings (SSSR count). The highest BCUT2D eigenvalue weighted by Crippen LogP contribution is 2.23. The number of nitrogens with zero attached hydrogens (tertiary/aromatic N) is 3. The van der Waals surface area contributed by atoms with Crippen molar-refractivity contribution in [3.05, 3.63) is 41.8 Å². The molecule has 0 aliphatic carbocycles. The van der Waals surface area contributed by atoms with Crippen molar-refractivity contribution in [2.75, 3.05) is 32.7 Å². The molecule has 1 N–H and O–H groups in total. The monoisotopic (exact) mass is 440 g/mol. The Kier molecular flexibility index (Phi) is 8.07. The van der Waals surface area contributed by atoms with E-state index in [2.05, 4.69) is 10.3 Å². The minimum atomic E-state index is -0.0155. The van der Waals surface area contributed by atoms with Crippen LogP contribution in [0.25, 0.3) is 11.5 Å². The van der Waals surface area contributed by atoms with Crippen LogP contribution in [0.2, 0.25) is 0 Å². The number of nitrogens with one attached hydrogen (secondary N) is 1. The number of carbonyl (C=O) groups excluding carboxylic acids is 2. The van der Waals surface area contributed by atoms with Gasteiger partial charge >= 0.3 is 0 Å². The van der Waals surface area contributed by atoms with E-state index in [9.17, 15) is 9.59 Å². The minimum Gasteiger partial charge on any atom is -0.463 e. The molecular formula is C20H26Cl2N4O3. The highest BCUT2D eigenvalue weighted by atomic mass is 35.5. The average Bonchev–Trinajstić information content (AvgIpc) is 3.23. The molecule has 2 aromatic heterocycles. The normalized spacial score (nSPS) is 19.3. The third-order valence-corrected chi connectivity index (χ3v) is 5.34. The molecule has 2 fully saturated rings. The number of aromatic nitrogens is 1. The minimum absolute atomic E-state index is 0. The summed E-state index contributed by atoms with van der Waals surface area (Å²) in [5, 5.41) is 3.10. The molecule has 1 unspecified atom stereocenters. The van der Waals surface area contributed by atoms with E-state index in [0.717, 1.165) is 31.6 Å². The van der Waals surface area contributed by atoms with Gasteiger partial charge in [-0.1, -0.05) is 0 Å². The van der Waals surface area contributed by atoms with Gasteiger partial charge in [-0.15, -0.1) is 24.8 Å². The quantitative estimate of drug-likeness (QED) is 0.792. The predicted molar refractivity (Wildman–Crippen MR) is 115 cm³/mol. The van der Waals surface area contributed by atoms with Gasteiger partial charge in [0.15, 0.2) is 5.76 Å². The number of likely N-dealkylation sites (tertiary alicyclic amines) is 1. The molecule has 158 valence electrons. The van der Waals surface area contributed by atoms with Crippen LogP contribution in [0.15, 0.2) is 34.9 Å². The fourth-order valence-electron chi connectivity index (χ4n) is 3.92. The number of aryl methyl sites for hydroxylation is 1. The fourth-order valence-corrected chi connectivity index (χ4v) is 3.92. The smallest absolute Gasteiger partial charge is 0.255 e. The zero-order chi connectivity index (χ0) is 18.8. The zero-order valence-corrected chi connectivity index (χ0v) is 17.9. The van der Waals surface area contributed by atoms with E-state index in [-0.39, 0.29) is 42.7 Å². The van der Waals surface area contributed by atoms with Crippen molar-refractivity contribution in [1.82, 2.24) is 20.1 Å². The van der Waals surface area contributed by atoms with Gasteiger partial charge in [-0.05, 0) is 44.0 Å².